The van der Waals surface area contributed by atoms with Crippen molar-refractivity contribution in [2.45, 2.75) is 20.3 Å². The molecule has 2 N–H and O–H groups in total. The molecule has 1 saturated heterocycles. The maximum absolute atomic E-state index is 12.1. The highest BCUT2D eigenvalue weighted by molar-refractivity contribution is 7.85. The van der Waals surface area contributed by atoms with Crippen LogP contribution in [0.5, 0.6) is 5.75 Å². The van der Waals surface area contributed by atoms with Gasteiger partial charge in [0.2, 0.25) is 0 Å². The van der Waals surface area contributed by atoms with Crippen LogP contribution in [0.3, 0.4) is 0 Å². The Morgan fingerprint density at radius 3 is 2.21 bits per heavy atom. The Hall–Kier alpha value is -3.87. The first-order valence-corrected chi connectivity index (χ1v) is 13.7. The molecule has 3 heterocycles. The van der Waals surface area contributed by atoms with Gasteiger partial charge in [0.15, 0.2) is 0 Å². The van der Waals surface area contributed by atoms with Gasteiger partial charge in [-0.05, 0) is 67.3 Å². The predicted octanol–water partition coefficient (Wildman–Crippen LogP) is 2.45. The first-order chi connectivity index (χ1) is 18.1. The lowest BCUT2D eigenvalue weighted by Crippen LogP contribution is -2.55. The van der Waals surface area contributed by atoms with E-state index < -0.39 is 10.1 Å². The zero-order chi connectivity index (χ0) is 27.3. The minimum atomic E-state index is -3.96. The fraction of sp³-hybridized carbons (Fsp3) is 0.308. The number of carbonyl (C=O) groups excluding carboxylic acids is 1. The van der Waals surface area contributed by atoms with E-state index in [9.17, 15) is 18.3 Å². The minimum absolute atomic E-state index is 0.130. The predicted molar refractivity (Wildman–Crippen MR) is 140 cm³/mol. The Bertz CT molecular complexity index is 1500. The van der Waals surface area contributed by atoms with Crippen LogP contribution < -0.4 is 4.57 Å². The number of aryl methyl sites for hydroxylation is 3. The molecule has 38 heavy (non-hydrogen) atoms. The van der Waals surface area contributed by atoms with E-state index in [4.69, 9.17) is 9.29 Å². The SMILES string of the molecule is Cc1cc(C)c(O)c(-n2nc3ccccc3n2)c1.O=C(N1CCOCC1)[n+]1ccc(CCS(=O)(=O)O)cc1. The van der Waals surface area contributed by atoms with Gasteiger partial charge in [-0.1, -0.05) is 18.2 Å². The molecule has 1 aliphatic rings. The van der Waals surface area contributed by atoms with Gasteiger partial charge >= 0.3 is 6.03 Å². The third kappa shape index (κ3) is 6.91. The van der Waals surface area contributed by atoms with E-state index in [1.54, 1.807) is 29.4 Å². The smallest absolute Gasteiger partial charge is 0.498 e. The highest BCUT2D eigenvalue weighted by atomic mass is 32.2. The molecule has 2 aromatic heterocycles. The summed E-state index contributed by atoms with van der Waals surface area (Å²) in [5, 5.41) is 18.8. The normalized spacial score (nSPS) is 13.7. The number of hydrogen-bond acceptors (Lipinski definition) is 7. The van der Waals surface area contributed by atoms with E-state index in [-0.39, 0.29) is 24.0 Å². The van der Waals surface area contributed by atoms with Crippen molar-refractivity contribution in [2.24, 2.45) is 0 Å². The summed E-state index contributed by atoms with van der Waals surface area (Å²) in [5.41, 5.74) is 4.89. The fourth-order valence-corrected chi connectivity index (χ4v) is 4.47. The standard InChI is InChI=1S/C14H13N3O.C12H16N2O5S/c1-9-7-10(2)14(18)13(8-9)17-15-11-5-3-4-6-12(11)16-17;15-12(14-6-8-19-9-7-14)13-4-1-11(2-5-13)3-10-20(16,17)18/h3-8,18H,1-2H3;1-2,4-5H,3,6-10H2/p+1. The van der Waals surface area contributed by atoms with Gasteiger partial charge in [-0.3, -0.25) is 4.55 Å². The Morgan fingerprint density at radius 1 is 1.03 bits per heavy atom. The summed E-state index contributed by atoms with van der Waals surface area (Å²) in [6.07, 6.45) is 3.40. The van der Waals surface area contributed by atoms with E-state index in [0.29, 0.717) is 32.0 Å². The number of ether oxygens (including phenoxy) is 1. The molecular formula is C26H30N5O6S+. The van der Waals surface area contributed by atoms with Crippen LogP contribution >= 0.6 is 0 Å². The van der Waals surface area contributed by atoms with Crippen molar-refractivity contribution < 1.29 is 32.2 Å². The number of aromatic nitrogens is 4. The number of amides is 1. The van der Waals surface area contributed by atoms with Crippen LogP contribution in [0, 0.1) is 13.8 Å². The van der Waals surface area contributed by atoms with Gasteiger partial charge in [0.25, 0.3) is 10.1 Å². The highest BCUT2D eigenvalue weighted by Gasteiger charge is 2.26. The second kappa shape index (κ2) is 11.7. The molecule has 1 fully saturated rings. The first-order valence-electron chi connectivity index (χ1n) is 12.1. The lowest BCUT2D eigenvalue weighted by Gasteiger charge is -2.19. The average Bonchev–Trinajstić information content (AvgIpc) is 3.34. The molecule has 2 aromatic carbocycles. The minimum Gasteiger partial charge on any atom is -0.505 e. The topological polar surface area (TPSA) is 139 Å². The van der Waals surface area contributed by atoms with Crippen molar-refractivity contribution in [3.8, 4) is 11.4 Å². The van der Waals surface area contributed by atoms with E-state index in [0.717, 1.165) is 27.7 Å². The molecule has 0 bridgehead atoms. The number of phenolic OH excluding ortho intramolecular Hbond substituents is 1. The van der Waals surface area contributed by atoms with Crippen molar-refractivity contribution in [3.05, 3.63) is 77.6 Å². The molecule has 1 aliphatic heterocycles. The maximum Gasteiger partial charge on any atom is 0.498 e. The molecule has 1 amide bonds. The number of phenols is 1. The zero-order valence-corrected chi connectivity index (χ0v) is 22.0. The zero-order valence-electron chi connectivity index (χ0n) is 21.2. The van der Waals surface area contributed by atoms with Gasteiger partial charge < -0.3 is 9.84 Å². The highest BCUT2D eigenvalue weighted by Crippen LogP contribution is 2.27. The van der Waals surface area contributed by atoms with Gasteiger partial charge in [-0.15, -0.1) is 15.0 Å². The number of nitrogens with zero attached hydrogens (tertiary/aromatic N) is 5. The second-order valence-electron chi connectivity index (χ2n) is 8.96. The number of rotatable bonds is 4. The van der Waals surface area contributed by atoms with Crippen molar-refractivity contribution in [3.63, 3.8) is 0 Å². The quantitative estimate of drug-likeness (QED) is 0.297. The molecule has 0 saturated carbocycles. The lowest BCUT2D eigenvalue weighted by atomic mass is 10.1. The van der Waals surface area contributed by atoms with Gasteiger partial charge in [0, 0.05) is 0 Å². The van der Waals surface area contributed by atoms with Crippen molar-refractivity contribution in [1.29, 1.82) is 0 Å². The number of benzene rings is 2. The summed E-state index contributed by atoms with van der Waals surface area (Å²) in [4.78, 5) is 15.3. The van der Waals surface area contributed by atoms with E-state index >= 15 is 0 Å². The van der Waals surface area contributed by atoms with Gasteiger partial charge in [-0.25, -0.2) is 4.90 Å². The van der Waals surface area contributed by atoms with Crippen molar-refractivity contribution >= 4 is 27.2 Å². The molecule has 0 aliphatic carbocycles. The molecule has 4 aromatic rings. The molecule has 12 heteroatoms. The van der Waals surface area contributed by atoms with Crippen LogP contribution in [0.1, 0.15) is 16.7 Å². The third-order valence-corrected chi connectivity index (χ3v) is 6.70. The van der Waals surface area contributed by atoms with E-state index in [2.05, 4.69) is 10.2 Å². The number of fused-ring (bicyclic) bond motifs is 1. The first kappa shape index (κ1) is 27.2. The Labute approximate surface area is 220 Å². The Kier molecular flexibility index (Phi) is 8.35. The summed E-state index contributed by atoms with van der Waals surface area (Å²) < 4.78 is 36.6. The van der Waals surface area contributed by atoms with E-state index in [1.807, 2.05) is 50.2 Å². The molecular weight excluding hydrogens is 510 g/mol. The van der Waals surface area contributed by atoms with Crippen molar-refractivity contribution in [1.82, 2.24) is 19.9 Å². The third-order valence-electron chi connectivity index (χ3n) is 5.98. The molecule has 0 atom stereocenters. The van der Waals surface area contributed by atoms with Crippen LogP contribution in [-0.2, 0) is 21.3 Å². The van der Waals surface area contributed by atoms with Crippen LogP contribution in [0.15, 0.2) is 60.9 Å². The lowest BCUT2D eigenvalue weighted by molar-refractivity contribution is -0.578. The van der Waals surface area contributed by atoms with Crippen LogP contribution in [-0.4, -0.2) is 76.1 Å². The molecule has 0 unspecified atom stereocenters. The summed E-state index contributed by atoms with van der Waals surface area (Å²) >= 11 is 0. The second-order valence-corrected chi connectivity index (χ2v) is 10.5. The fourth-order valence-electron chi connectivity index (χ4n) is 3.97. The number of carbonyl (C=O) groups is 1. The Balaban J connectivity index is 0.000000178. The maximum atomic E-state index is 12.1. The molecule has 200 valence electrons. The van der Waals surface area contributed by atoms with Crippen LogP contribution in [0.4, 0.5) is 4.79 Å². The van der Waals surface area contributed by atoms with Crippen LogP contribution in [0.2, 0.25) is 0 Å². The monoisotopic (exact) mass is 540 g/mol. The summed E-state index contributed by atoms with van der Waals surface area (Å²) in [6, 6.07) is 14.7. The van der Waals surface area contributed by atoms with Crippen molar-refractivity contribution in [2.75, 3.05) is 32.1 Å². The molecule has 11 nitrogen and oxygen atoms in total. The molecule has 0 spiro atoms. The largest absolute Gasteiger partial charge is 0.505 e. The Morgan fingerprint density at radius 2 is 1.63 bits per heavy atom. The number of aromatic hydroxyl groups is 1. The summed E-state index contributed by atoms with van der Waals surface area (Å²) in [7, 11) is -3.96. The van der Waals surface area contributed by atoms with E-state index in [1.165, 1.54) is 9.36 Å². The number of morpholine rings is 1. The van der Waals surface area contributed by atoms with Crippen LogP contribution in [0.25, 0.3) is 16.7 Å². The number of hydrogen-bond donors (Lipinski definition) is 2. The van der Waals surface area contributed by atoms with Gasteiger partial charge in [0.05, 0.1) is 31.4 Å². The molecule has 5 rings (SSSR count). The summed E-state index contributed by atoms with van der Waals surface area (Å²) in [5.74, 6) is -0.102. The van der Waals surface area contributed by atoms with Gasteiger partial charge in [-0.2, -0.15) is 17.8 Å². The molecule has 0 radical (unpaired) electrons. The average molecular weight is 541 g/mol. The number of pyridine rings is 1. The van der Waals surface area contributed by atoms with Gasteiger partial charge in [0.1, 0.15) is 35.6 Å². The summed E-state index contributed by atoms with van der Waals surface area (Å²) in [6.45, 7) is 6.07.